The smallest absolute Gasteiger partial charge is 0.249 e. The van der Waals surface area contributed by atoms with Crippen LogP contribution in [0, 0.1) is 3.57 Å². The van der Waals surface area contributed by atoms with Crippen LogP contribution in [0.1, 0.15) is 19.3 Å². The summed E-state index contributed by atoms with van der Waals surface area (Å²) in [7, 11) is 0. The second kappa shape index (κ2) is 4.34. The summed E-state index contributed by atoms with van der Waals surface area (Å²) < 4.78 is 1.07. The summed E-state index contributed by atoms with van der Waals surface area (Å²) in [5.41, 5.74) is 0.785. The Morgan fingerprint density at radius 2 is 1.89 bits per heavy atom. The third-order valence-corrected chi connectivity index (χ3v) is 3.59. The average Bonchev–Trinajstić information content (AvgIpc) is 2.71. The average molecular weight is 355 g/mol. The molecule has 1 fully saturated rings. The molecule has 0 radical (unpaired) electrons. The van der Waals surface area contributed by atoms with Gasteiger partial charge in [0.05, 0.1) is 11.7 Å². The molecule has 5 nitrogen and oxygen atoms in total. The molecule has 2 aromatic rings. The number of benzene rings is 1. The number of piperidine rings is 1. The van der Waals surface area contributed by atoms with Gasteiger partial charge in [0, 0.05) is 21.8 Å². The number of halogens is 1. The van der Waals surface area contributed by atoms with Gasteiger partial charge in [-0.2, -0.15) is 14.9 Å². The van der Waals surface area contributed by atoms with Crippen LogP contribution in [-0.2, 0) is 9.59 Å². The van der Waals surface area contributed by atoms with Crippen LogP contribution >= 0.6 is 22.6 Å². The Kier molecular flexibility index (Phi) is 2.81. The van der Waals surface area contributed by atoms with E-state index in [1.165, 1.54) is 4.79 Å². The van der Waals surface area contributed by atoms with E-state index < -0.39 is 0 Å². The van der Waals surface area contributed by atoms with Gasteiger partial charge in [0.2, 0.25) is 11.8 Å². The molecule has 0 bridgehead atoms. The lowest BCUT2D eigenvalue weighted by Crippen LogP contribution is -2.48. The molecule has 6 heteroatoms. The third-order valence-electron chi connectivity index (χ3n) is 2.92. The van der Waals surface area contributed by atoms with Crippen molar-refractivity contribution in [1.82, 2.24) is 9.89 Å². The van der Waals surface area contributed by atoms with E-state index in [4.69, 9.17) is 0 Å². The molecule has 92 valence electrons. The zero-order valence-corrected chi connectivity index (χ0v) is 11.6. The molecule has 0 saturated carbocycles. The first-order chi connectivity index (χ1) is 8.65. The van der Waals surface area contributed by atoms with Crippen molar-refractivity contribution in [3.05, 3.63) is 28.0 Å². The van der Waals surface area contributed by atoms with Gasteiger partial charge in [0.1, 0.15) is 0 Å². The van der Waals surface area contributed by atoms with Gasteiger partial charge in [-0.05, 0) is 41.1 Å². The maximum absolute atomic E-state index is 11.8. The van der Waals surface area contributed by atoms with Crippen LogP contribution in [0.4, 0.5) is 0 Å². The molecular formula is C12H10IN3O2. The Morgan fingerprint density at radius 1 is 1.17 bits per heavy atom. The van der Waals surface area contributed by atoms with Gasteiger partial charge in [0.15, 0.2) is 0 Å². The van der Waals surface area contributed by atoms with E-state index in [0.717, 1.165) is 19.5 Å². The number of hydrogen-bond acceptors (Lipinski definition) is 3. The van der Waals surface area contributed by atoms with Crippen LogP contribution < -0.4 is 5.01 Å². The molecule has 0 spiro atoms. The van der Waals surface area contributed by atoms with Crippen LogP contribution in [0.3, 0.4) is 0 Å². The first-order valence-corrected chi connectivity index (χ1v) is 6.74. The summed E-state index contributed by atoms with van der Waals surface area (Å²) in [6.07, 6.45) is 3.15. The highest BCUT2D eigenvalue weighted by molar-refractivity contribution is 14.1. The summed E-state index contributed by atoms with van der Waals surface area (Å²) >= 11 is 2.20. The zero-order valence-electron chi connectivity index (χ0n) is 9.47. The fourth-order valence-electron chi connectivity index (χ4n) is 2.05. The molecule has 1 aliphatic rings. The van der Waals surface area contributed by atoms with Crippen LogP contribution in [0.5, 0.6) is 0 Å². The Hall–Kier alpha value is -1.44. The molecule has 3 rings (SSSR count). The van der Waals surface area contributed by atoms with Gasteiger partial charge < -0.3 is 0 Å². The number of nitrogens with zero attached hydrogens (tertiary/aromatic N) is 3. The number of amides is 2. The van der Waals surface area contributed by atoms with E-state index in [9.17, 15) is 9.59 Å². The van der Waals surface area contributed by atoms with Gasteiger partial charge in [0.25, 0.3) is 0 Å². The van der Waals surface area contributed by atoms with Gasteiger partial charge in [-0.3, -0.25) is 9.59 Å². The molecular weight excluding hydrogens is 345 g/mol. The highest BCUT2D eigenvalue weighted by Crippen LogP contribution is 2.18. The Labute approximate surface area is 117 Å². The van der Waals surface area contributed by atoms with Gasteiger partial charge >= 0.3 is 0 Å². The fourth-order valence-corrected chi connectivity index (χ4v) is 2.52. The van der Waals surface area contributed by atoms with Gasteiger partial charge in [-0.25, -0.2) is 0 Å². The van der Waals surface area contributed by atoms with Crippen LogP contribution in [0.15, 0.2) is 24.4 Å². The maximum atomic E-state index is 11.8. The number of fused-ring (bicyclic) bond motifs is 1. The first-order valence-electron chi connectivity index (χ1n) is 5.66. The topological polar surface area (TPSA) is 55.2 Å². The Morgan fingerprint density at radius 3 is 2.61 bits per heavy atom. The second-order valence-corrected chi connectivity index (χ2v) is 5.45. The maximum Gasteiger partial charge on any atom is 0.249 e. The molecule has 0 atom stereocenters. The lowest BCUT2D eigenvalue weighted by Gasteiger charge is -2.23. The van der Waals surface area contributed by atoms with E-state index in [1.54, 1.807) is 6.20 Å². The summed E-state index contributed by atoms with van der Waals surface area (Å²) in [6, 6.07) is 5.82. The van der Waals surface area contributed by atoms with Crippen molar-refractivity contribution < 1.29 is 9.59 Å². The minimum atomic E-state index is -0.186. The molecule has 1 aliphatic heterocycles. The number of hydrogen-bond donors (Lipinski definition) is 0. The predicted octanol–water partition coefficient (Wildman–Crippen LogP) is 1.82. The molecule has 18 heavy (non-hydrogen) atoms. The predicted molar refractivity (Wildman–Crippen MR) is 74.5 cm³/mol. The summed E-state index contributed by atoms with van der Waals surface area (Å²) in [5, 5.41) is 6.35. The van der Waals surface area contributed by atoms with Crippen molar-refractivity contribution in [2.24, 2.45) is 0 Å². The largest absolute Gasteiger partial charge is 0.272 e. The molecule has 0 N–H and O–H groups in total. The van der Waals surface area contributed by atoms with E-state index in [-0.39, 0.29) is 11.8 Å². The van der Waals surface area contributed by atoms with Crippen LogP contribution in [0.25, 0.3) is 10.9 Å². The van der Waals surface area contributed by atoms with Crippen LogP contribution in [0.2, 0.25) is 0 Å². The minimum Gasteiger partial charge on any atom is -0.272 e. The monoisotopic (exact) mass is 355 g/mol. The molecule has 2 heterocycles. The first kappa shape index (κ1) is 11.6. The highest BCUT2D eigenvalue weighted by Gasteiger charge is 2.28. The van der Waals surface area contributed by atoms with Crippen molar-refractivity contribution >= 4 is 45.3 Å². The van der Waals surface area contributed by atoms with E-state index >= 15 is 0 Å². The SMILES string of the molecule is O=C1CCCC(=O)N1n1cc2ccc(I)cc2n1. The number of carbonyl (C=O) groups excluding carboxylic acids is 2. The van der Waals surface area contributed by atoms with Gasteiger partial charge in [-0.15, -0.1) is 0 Å². The van der Waals surface area contributed by atoms with Crippen molar-refractivity contribution in [3.8, 4) is 0 Å². The number of rotatable bonds is 1. The zero-order chi connectivity index (χ0) is 12.7. The minimum absolute atomic E-state index is 0.186. The molecule has 1 aromatic carbocycles. The number of carbonyl (C=O) groups is 2. The standard InChI is InChI=1S/C12H10IN3O2/c13-9-5-4-8-7-15(14-10(8)6-9)16-11(17)2-1-3-12(16)18/h4-7H,1-3H2. The van der Waals surface area contributed by atoms with Crippen LogP contribution in [-0.4, -0.2) is 21.7 Å². The third kappa shape index (κ3) is 1.90. The molecule has 0 unspecified atom stereocenters. The lowest BCUT2D eigenvalue weighted by atomic mass is 10.1. The van der Waals surface area contributed by atoms with Gasteiger partial charge in [-0.1, -0.05) is 6.07 Å². The molecule has 0 aliphatic carbocycles. The fraction of sp³-hybridized carbons (Fsp3) is 0.250. The van der Waals surface area contributed by atoms with Crippen molar-refractivity contribution in [2.45, 2.75) is 19.3 Å². The summed E-state index contributed by atoms with van der Waals surface area (Å²) in [5.74, 6) is -0.373. The van der Waals surface area contributed by atoms with E-state index in [1.807, 2.05) is 18.2 Å². The van der Waals surface area contributed by atoms with E-state index in [2.05, 4.69) is 27.7 Å². The molecule has 2 amide bonds. The quantitative estimate of drug-likeness (QED) is 0.579. The van der Waals surface area contributed by atoms with Crippen molar-refractivity contribution in [3.63, 3.8) is 0 Å². The molecule has 1 aromatic heterocycles. The molecule has 1 saturated heterocycles. The number of aromatic nitrogens is 2. The van der Waals surface area contributed by atoms with E-state index in [0.29, 0.717) is 19.3 Å². The summed E-state index contributed by atoms with van der Waals surface area (Å²) in [6.45, 7) is 0. The normalized spacial score (nSPS) is 16.6. The summed E-state index contributed by atoms with van der Waals surface area (Å²) in [4.78, 5) is 24.9. The second-order valence-electron chi connectivity index (χ2n) is 4.21. The Bertz CT molecular complexity index is 634. The lowest BCUT2D eigenvalue weighted by molar-refractivity contribution is -0.131. The Balaban J connectivity index is 2.08. The number of imide groups is 1. The highest BCUT2D eigenvalue weighted by atomic mass is 127. The van der Waals surface area contributed by atoms with Crippen molar-refractivity contribution in [1.29, 1.82) is 0 Å². The van der Waals surface area contributed by atoms with Crippen molar-refractivity contribution in [2.75, 3.05) is 5.01 Å².